The molecule has 0 atom stereocenters. The van der Waals surface area contributed by atoms with Gasteiger partial charge in [0.2, 0.25) is 0 Å². The summed E-state index contributed by atoms with van der Waals surface area (Å²) in [4.78, 5) is 15.4. The lowest BCUT2D eigenvalue weighted by atomic mass is 9.65. The predicted molar refractivity (Wildman–Crippen MR) is 209 cm³/mol. The maximum Gasteiger partial charge on any atom is 0.494 e. The minimum absolute atomic E-state index is 0.480. The fourth-order valence-corrected chi connectivity index (χ4v) is 8.21. The third kappa shape index (κ3) is 4.70. The Hall–Kier alpha value is -5.89. The molecule has 0 N–H and O–H groups in total. The minimum atomic E-state index is -0.669. The number of hydrogen-bond acceptors (Lipinski definition) is 6. The molecule has 1 fully saturated rings. The van der Waals surface area contributed by atoms with Gasteiger partial charge in [-0.15, -0.1) is 0 Å². The van der Waals surface area contributed by atoms with Crippen LogP contribution in [0.3, 0.4) is 0 Å². The summed E-state index contributed by atoms with van der Waals surface area (Å²) in [5.41, 5.74) is 8.72. The van der Waals surface area contributed by atoms with Crippen molar-refractivity contribution in [2.75, 3.05) is 0 Å². The van der Waals surface area contributed by atoms with Gasteiger partial charge in [-0.3, -0.25) is 0 Å². The van der Waals surface area contributed by atoms with E-state index in [1.165, 1.54) is 0 Å². The van der Waals surface area contributed by atoms with Crippen LogP contribution in [-0.2, 0) is 14.7 Å². The Bertz CT molecular complexity index is 2450. The third-order valence-corrected chi connectivity index (χ3v) is 11.5. The zero-order valence-corrected chi connectivity index (χ0v) is 30.0. The molecule has 7 aromatic rings. The van der Waals surface area contributed by atoms with Crippen LogP contribution >= 0.6 is 0 Å². The molecule has 2 aliphatic heterocycles. The van der Waals surface area contributed by atoms with Gasteiger partial charge in [0, 0.05) is 27.8 Å². The predicted octanol–water partition coefficient (Wildman–Crippen LogP) is 9.64. The highest BCUT2D eigenvalue weighted by atomic mass is 16.7. The molecule has 0 amide bonds. The smallest absolute Gasteiger partial charge is 0.457 e. The van der Waals surface area contributed by atoms with Crippen molar-refractivity contribution in [3.05, 3.63) is 168 Å². The molecule has 256 valence electrons. The Morgan fingerprint density at radius 2 is 0.962 bits per heavy atom. The molecular formula is C46H36BN3O3. The summed E-state index contributed by atoms with van der Waals surface area (Å²) in [6.45, 7) is 8.37. The zero-order chi connectivity index (χ0) is 36.0. The lowest BCUT2D eigenvalue weighted by Crippen LogP contribution is -2.41. The summed E-state index contributed by atoms with van der Waals surface area (Å²) in [6.07, 6.45) is 0. The molecule has 1 saturated heterocycles. The molecule has 6 nitrogen and oxygen atoms in total. The van der Waals surface area contributed by atoms with Gasteiger partial charge in [-0.2, -0.15) is 0 Å². The first kappa shape index (κ1) is 31.8. The molecule has 0 unspecified atom stereocenters. The normalized spacial score (nSPS) is 16.7. The van der Waals surface area contributed by atoms with E-state index in [0.717, 1.165) is 67.0 Å². The standard InChI is InChI=1S/C46H36BN3O3/c1-44(2)45(3,4)53-47(52-44)31-26-27-34-33(28-31)40-32(43-49-41(29-16-7-5-8-17-29)48-42(50-43)30-18-9-6-10-19-30)20-15-23-37(40)46(34)35-21-11-13-24-38(35)51-39-25-14-12-22-36(39)46/h5-28H,1-4H3. The molecule has 53 heavy (non-hydrogen) atoms. The van der Waals surface area contributed by atoms with Crippen LogP contribution in [0, 0.1) is 0 Å². The molecule has 0 bridgehead atoms. The second-order valence-electron chi connectivity index (χ2n) is 15.0. The van der Waals surface area contributed by atoms with Crippen LogP contribution < -0.4 is 10.2 Å². The van der Waals surface area contributed by atoms with Gasteiger partial charge < -0.3 is 14.0 Å². The van der Waals surface area contributed by atoms with Crippen LogP contribution in [0.15, 0.2) is 146 Å². The quantitative estimate of drug-likeness (QED) is 0.172. The molecule has 1 aliphatic carbocycles. The summed E-state index contributed by atoms with van der Waals surface area (Å²) >= 11 is 0. The summed E-state index contributed by atoms with van der Waals surface area (Å²) in [7, 11) is -0.529. The molecular weight excluding hydrogens is 653 g/mol. The highest BCUT2D eigenvalue weighted by molar-refractivity contribution is 6.62. The monoisotopic (exact) mass is 689 g/mol. The average molecular weight is 690 g/mol. The van der Waals surface area contributed by atoms with Crippen molar-refractivity contribution in [3.8, 4) is 56.8 Å². The van der Waals surface area contributed by atoms with Crippen molar-refractivity contribution in [2.24, 2.45) is 0 Å². The van der Waals surface area contributed by atoms with E-state index in [4.69, 9.17) is 29.0 Å². The Labute approximate surface area is 309 Å². The molecule has 0 saturated carbocycles. The summed E-state index contributed by atoms with van der Waals surface area (Å²) in [6, 6.07) is 50.2. The van der Waals surface area contributed by atoms with E-state index in [1.807, 2.05) is 72.8 Å². The molecule has 10 rings (SSSR count). The first-order valence-electron chi connectivity index (χ1n) is 18.1. The van der Waals surface area contributed by atoms with Gasteiger partial charge in [-0.1, -0.05) is 133 Å². The lowest BCUT2D eigenvalue weighted by molar-refractivity contribution is 0.00578. The molecule has 1 spiro atoms. The Balaban J connectivity index is 1.28. The SMILES string of the molecule is CC1(C)OB(c2ccc3c(c2)-c2c(-c4nc(-c5ccccc5)nc(-c5ccccc5)n4)cccc2C32c3ccccc3Oc3ccccc32)OC1(C)C. The summed E-state index contributed by atoms with van der Waals surface area (Å²) in [5.74, 6) is 3.51. The van der Waals surface area contributed by atoms with Gasteiger partial charge in [-0.25, -0.2) is 15.0 Å². The number of hydrogen-bond donors (Lipinski definition) is 0. The van der Waals surface area contributed by atoms with Crippen LogP contribution in [0.1, 0.15) is 49.9 Å². The fourth-order valence-electron chi connectivity index (χ4n) is 8.21. The number of benzene rings is 6. The number of nitrogens with zero attached hydrogens (tertiary/aromatic N) is 3. The highest BCUT2D eigenvalue weighted by Crippen LogP contribution is 2.63. The largest absolute Gasteiger partial charge is 0.494 e. The van der Waals surface area contributed by atoms with E-state index in [2.05, 4.69) is 100 Å². The number of para-hydroxylation sites is 2. The molecule has 3 heterocycles. The first-order valence-corrected chi connectivity index (χ1v) is 18.1. The van der Waals surface area contributed by atoms with Crippen LogP contribution in [0.4, 0.5) is 0 Å². The van der Waals surface area contributed by atoms with Gasteiger partial charge in [0.05, 0.1) is 16.6 Å². The number of rotatable bonds is 4. The Morgan fingerprint density at radius 3 is 1.55 bits per heavy atom. The van der Waals surface area contributed by atoms with Gasteiger partial charge in [-0.05, 0) is 67.5 Å². The number of aromatic nitrogens is 3. The second-order valence-corrected chi connectivity index (χ2v) is 15.0. The Kier molecular flexibility index (Phi) is 6.94. The van der Waals surface area contributed by atoms with Gasteiger partial charge in [0.1, 0.15) is 11.5 Å². The highest BCUT2D eigenvalue weighted by Gasteiger charge is 2.54. The maximum absolute atomic E-state index is 6.62. The summed E-state index contributed by atoms with van der Waals surface area (Å²) < 4.78 is 19.8. The van der Waals surface area contributed by atoms with Crippen LogP contribution in [-0.4, -0.2) is 33.3 Å². The van der Waals surface area contributed by atoms with Gasteiger partial charge >= 0.3 is 7.12 Å². The van der Waals surface area contributed by atoms with Crippen molar-refractivity contribution >= 4 is 12.6 Å². The molecule has 6 aromatic carbocycles. The molecule has 1 aromatic heterocycles. The van der Waals surface area contributed by atoms with Crippen molar-refractivity contribution < 1.29 is 14.0 Å². The fraction of sp³-hybridized carbons (Fsp3) is 0.152. The van der Waals surface area contributed by atoms with E-state index < -0.39 is 23.7 Å². The van der Waals surface area contributed by atoms with Gasteiger partial charge in [0.15, 0.2) is 17.5 Å². The van der Waals surface area contributed by atoms with E-state index in [9.17, 15) is 0 Å². The zero-order valence-electron chi connectivity index (χ0n) is 30.0. The molecule has 0 radical (unpaired) electrons. The van der Waals surface area contributed by atoms with Crippen LogP contribution in [0.2, 0.25) is 0 Å². The third-order valence-electron chi connectivity index (χ3n) is 11.5. The Morgan fingerprint density at radius 1 is 0.453 bits per heavy atom. The summed E-state index contributed by atoms with van der Waals surface area (Å²) in [5, 5.41) is 0. The van der Waals surface area contributed by atoms with Crippen molar-refractivity contribution in [1.29, 1.82) is 0 Å². The first-order chi connectivity index (χ1) is 25.7. The maximum atomic E-state index is 6.62. The van der Waals surface area contributed by atoms with Crippen LogP contribution in [0.25, 0.3) is 45.3 Å². The van der Waals surface area contributed by atoms with Crippen molar-refractivity contribution in [3.63, 3.8) is 0 Å². The van der Waals surface area contributed by atoms with E-state index >= 15 is 0 Å². The van der Waals surface area contributed by atoms with E-state index in [-0.39, 0.29) is 0 Å². The number of fused-ring (bicyclic) bond motifs is 9. The average Bonchev–Trinajstić information content (AvgIpc) is 3.61. The topological polar surface area (TPSA) is 66.4 Å². The van der Waals surface area contributed by atoms with E-state index in [1.54, 1.807) is 0 Å². The lowest BCUT2D eigenvalue weighted by Gasteiger charge is -2.39. The van der Waals surface area contributed by atoms with E-state index in [0.29, 0.717) is 17.5 Å². The molecule has 7 heteroatoms. The molecule has 3 aliphatic rings. The van der Waals surface area contributed by atoms with Crippen molar-refractivity contribution in [1.82, 2.24) is 15.0 Å². The van der Waals surface area contributed by atoms with Crippen LogP contribution in [0.5, 0.6) is 11.5 Å². The van der Waals surface area contributed by atoms with Crippen molar-refractivity contribution in [2.45, 2.75) is 44.3 Å². The van der Waals surface area contributed by atoms with Gasteiger partial charge in [0.25, 0.3) is 0 Å². The minimum Gasteiger partial charge on any atom is -0.457 e. The number of ether oxygens (including phenoxy) is 1. The second kappa shape index (κ2) is 11.6.